The standard InChI is InChI=1S/C43H28O/c1-2-11-28(12-3-1)27-39-34-15-6-8-17-36(34)41(37-18-9-7-16-35(37)39)31-23-21-30(22-24-31)32-19-10-20-40-42(32)38-26-25-29-13-4-5-14-33(29)43(38)44-40/h1-26H,27H2/i1D,2D,3D,4D,5D,6D,7D,8D,9D,10D,11D,12D,13D,14D,15D,16D,17D,18D,19D,20D,21D,22D,23D,24D,25D,26D. The first-order valence-corrected chi connectivity index (χ1v) is 13.1. The fourth-order valence-electron chi connectivity index (χ4n) is 5.39. The van der Waals surface area contributed by atoms with Gasteiger partial charge in [0.1, 0.15) is 11.2 Å². The van der Waals surface area contributed by atoms with Gasteiger partial charge < -0.3 is 4.42 Å². The van der Waals surface area contributed by atoms with Gasteiger partial charge in [-0.2, -0.15) is 0 Å². The van der Waals surface area contributed by atoms with E-state index in [1.807, 2.05) is 0 Å². The zero-order chi connectivity index (χ0) is 51.7. The van der Waals surface area contributed by atoms with E-state index in [0.717, 1.165) is 0 Å². The molecule has 1 aromatic heterocycles. The van der Waals surface area contributed by atoms with E-state index in [1.54, 1.807) is 0 Å². The molecule has 0 amide bonds. The molecule has 44 heavy (non-hydrogen) atoms. The van der Waals surface area contributed by atoms with Crippen molar-refractivity contribution in [2.45, 2.75) is 6.42 Å². The minimum Gasteiger partial charge on any atom is -0.455 e. The topological polar surface area (TPSA) is 13.1 Å². The summed E-state index contributed by atoms with van der Waals surface area (Å²) < 4.78 is 236. The van der Waals surface area contributed by atoms with Crippen LogP contribution in [0.4, 0.5) is 0 Å². The van der Waals surface area contributed by atoms with Crippen LogP contribution in [-0.4, -0.2) is 0 Å². The summed E-state index contributed by atoms with van der Waals surface area (Å²) in [7, 11) is 0. The number of benzene rings is 8. The Kier molecular flexibility index (Phi) is 2.31. The molecule has 0 aliphatic carbocycles. The molecule has 0 aliphatic rings. The van der Waals surface area contributed by atoms with Crippen molar-refractivity contribution in [2.75, 3.05) is 0 Å². The highest BCUT2D eigenvalue weighted by atomic mass is 16.3. The van der Waals surface area contributed by atoms with E-state index < -0.39 is 246 Å². The Morgan fingerprint density at radius 1 is 0.455 bits per heavy atom. The van der Waals surface area contributed by atoms with Gasteiger partial charge in [0.15, 0.2) is 0 Å². The third kappa shape index (κ3) is 3.87. The van der Waals surface area contributed by atoms with Gasteiger partial charge in [-0.3, -0.25) is 0 Å². The first kappa shape index (κ1) is 10.2. The summed E-state index contributed by atoms with van der Waals surface area (Å²) in [6.07, 6.45) is -0.783. The molecule has 0 radical (unpaired) electrons. The zero-order valence-electron chi connectivity index (χ0n) is 48.1. The van der Waals surface area contributed by atoms with E-state index in [-0.39, 0.29) is 5.56 Å². The summed E-state index contributed by atoms with van der Waals surface area (Å²) in [4.78, 5) is 0. The highest BCUT2D eigenvalue weighted by Gasteiger charge is 2.17. The molecule has 206 valence electrons. The maximum Gasteiger partial charge on any atom is 0.143 e. The highest BCUT2D eigenvalue weighted by molar-refractivity contribution is 6.19. The van der Waals surface area contributed by atoms with E-state index in [0.29, 0.717) is 0 Å². The molecule has 0 bridgehead atoms. The molecule has 0 atom stereocenters. The SMILES string of the molecule is [2H]c1c([2H])c([2H])c(Cc2c3c([2H])c([2H])c([2H])c([2H])c3c(-c3c([2H])c([2H])c(-c4c([2H])c([2H])c([2H])c5oc6c7c([2H])c([2H])c([2H])c([2H])c7c([2H])c([2H])c6c45)c([2H])c3[2H])c3c([2H])c([2H])c([2H])c([2H])c23)c([2H])c1[2H]. The van der Waals surface area contributed by atoms with Gasteiger partial charge in [-0.05, 0) is 78.8 Å². The van der Waals surface area contributed by atoms with Crippen LogP contribution in [0.1, 0.15) is 46.8 Å². The molecule has 1 heteroatoms. The van der Waals surface area contributed by atoms with Gasteiger partial charge in [0.2, 0.25) is 0 Å². The number of furan rings is 1. The van der Waals surface area contributed by atoms with Gasteiger partial charge in [0.25, 0.3) is 0 Å². The van der Waals surface area contributed by atoms with E-state index in [9.17, 15) is 11.0 Å². The number of hydrogen-bond acceptors (Lipinski definition) is 1. The van der Waals surface area contributed by atoms with E-state index in [2.05, 4.69) is 0 Å². The summed E-state index contributed by atoms with van der Waals surface area (Å²) in [5.74, 6) is 0. The first-order valence-electron chi connectivity index (χ1n) is 26.1. The Morgan fingerprint density at radius 2 is 1.07 bits per heavy atom. The number of hydrogen-bond donors (Lipinski definition) is 0. The fraction of sp³-hybridized carbons (Fsp3) is 0.0233. The lowest BCUT2D eigenvalue weighted by molar-refractivity contribution is 0.673. The molecule has 1 heterocycles. The molecule has 9 rings (SSSR count). The molecule has 0 unspecified atom stereocenters. The second-order valence-corrected chi connectivity index (χ2v) is 9.64. The van der Waals surface area contributed by atoms with Crippen LogP contribution in [0.3, 0.4) is 0 Å². The quantitative estimate of drug-likeness (QED) is 0.187. The molecule has 8 aromatic carbocycles. The highest BCUT2D eigenvalue weighted by Crippen LogP contribution is 2.42. The molecule has 0 aliphatic heterocycles. The first-order chi connectivity index (χ1) is 32.6. The summed E-state index contributed by atoms with van der Waals surface area (Å²) in [6.45, 7) is 0. The lowest BCUT2D eigenvalue weighted by Crippen LogP contribution is -1.95. The van der Waals surface area contributed by atoms with Crippen LogP contribution in [-0.2, 0) is 6.42 Å². The van der Waals surface area contributed by atoms with Crippen LogP contribution in [0, 0.1) is 0 Å². The van der Waals surface area contributed by atoms with Crippen LogP contribution >= 0.6 is 0 Å². The van der Waals surface area contributed by atoms with E-state index in [1.165, 1.54) is 0 Å². The summed E-state index contributed by atoms with van der Waals surface area (Å²) in [5.41, 5.74) is -4.70. The van der Waals surface area contributed by atoms with Gasteiger partial charge in [0, 0.05) is 16.2 Å². The molecule has 0 saturated carbocycles. The Bertz CT molecular complexity index is 3850. The van der Waals surface area contributed by atoms with Crippen molar-refractivity contribution in [3.05, 3.63) is 168 Å². The second-order valence-electron chi connectivity index (χ2n) is 9.64. The van der Waals surface area contributed by atoms with Crippen molar-refractivity contribution in [1.29, 1.82) is 0 Å². The van der Waals surface area contributed by atoms with Gasteiger partial charge in [-0.25, -0.2) is 0 Å². The van der Waals surface area contributed by atoms with Crippen LogP contribution in [0.25, 0.3) is 76.5 Å². The molecular weight excluding hydrogens is 532 g/mol. The average molecular weight is 587 g/mol. The molecule has 9 aromatic rings. The molecular formula is C43H28O. The van der Waals surface area contributed by atoms with Crippen LogP contribution in [0.2, 0.25) is 0 Å². The fourth-order valence-corrected chi connectivity index (χ4v) is 5.39. The maximum atomic E-state index is 9.58. The van der Waals surface area contributed by atoms with Gasteiger partial charge >= 0.3 is 0 Å². The minimum atomic E-state index is -1.04. The van der Waals surface area contributed by atoms with Gasteiger partial charge in [-0.15, -0.1) is 0 Å². The van der Waals surface area contributed by atoms with Crippen LogP contribution < -0.4 is 0 Å². The average Bonchev–Trinajstić information content (AvgIpc) is 3.73. The largest absolute Gasteiger partial charge is 0.455 e. The van der Waals surface area contributed by atoms with Crippen molar-refractivity contribution >= 4 is 54.3 Å². The summed E-state index contributed by atoms with van der Waals surface area (Å²) in [5, 5.41) is -3.97. The van der Waals surface area contributed by atoms with Crippen molar-refractivity contribution < 1.29 is 40.1 Å². The van der Waals surface area contributed by atoms with Crippen LogP contribution in [0.15, 0.2) is 162 Å². The lowest BCUT2D eigenvalue weighted by Gasteiger charge is -2.18. The minimum absolute atomic E-state index is 0.359. The Hall–Kier alpha value is -5.66. The molecule has 0 spiro atoms. The molecule has 0 saturated heterocycles. The van der Waals surface area contributed by atoms with Crippen LogP contribution in [0.5, 0.6) is 0 Å². The van der Waals surface area contributed by atoms with Gasteiger partial charge in [0.05, 0.1) is 35.6 Å². The van der Waals surface area contributed by atoms with E-state index >= 15 is 0 Å². The molecule has 1 nitrogen and oxygen atoms in total. The number of rotatable bonds is 4. The Labute approximate surface area is 292 Å². The zero-order valence-corrected chi connectivity index (χ0v) is 22.1. The second kappa shape index (κ2) is 9.97. The third-order valence-corrected chi connectivity index (χ3v) is 7.26. The maximum absolute atomic E-state index is 9.58. The Morgan fingerprint density at radius 3 is 1.80 bits per heavy atom. The molecule has 0 N–H and O–H groups in total. The van der Waals surface area contributed by atoms with Crippen molar-refractivity contribution in [3.63, 3.8) is 0 Å². The van der Waals surface area contributed by atoms with Crippen molar-refractivity contribution in [2.24, 2.45) is 0 Å². The number of fused-ring (bicyclic) bond motifs is 7. The molecule has 0 fully saturated rings. The predicted octanol–water partition coefficient (Wildman–Crippen LogP) is 12.0. The van der Waals surface area contributed by atoms with E-state index in [4.69, 9.17) is 29.1 Å². The third-order valence-electron chi connectivity index (χ3n) is 7.26. The van der Waals surface area contributed by atoms with Crippen molar-refractivity contribution in [3.8, 4) is 22.3 Å². The van der Waals surface area contributed by atoms with Gasteiger partial charge in [-0.1, -0.05) is 145 Å². The summed E-state index contributed by atoms with van der Waals surface area (Å²) in [6, 6.07) is -21.9. The normalized spacial score (nSPS) is 20.0. The summed E-state index contributed by atoms with van der Waals surface area (Å²) >= 11 is 0. The lowest BCUT2D eigenvalue weighted by atomic mass is 9.86. The van der Waals surface area contributed by atoms with Crippen molar-refractivity contribution in [1.82, 2.24) is 0 Å². The monoisotopic (exact) mass is 586 g/mol. The predicted molar refractivity (Wildman–Crippen MR) is 186 cm³/mol. The smallest absolute Gasteiger partial charge is 0.143 e. The Balaban J connectivity index is 1.49.